The van der Waals surface area contributed by atoms with Crippen molar-refractivity contribution < 1.29 is 14.3 Å². The summed E-state index contributed by atoms with van der Waals surface area (Å²) in [6.45, 7) is 1.37. The first-order valence-electron chi connectivity index (χ1n) is 10.4. The molecular formula is C22H25N5O3. The van der Waals surface area contributed by atoms with E-state index in [0.29, 0.717) is 36.3 Å². The van der Waals surface area contributed by atoms with E-state index < -0.39 is 0 Å². The number of para-hydroxylation sites is 1. The molecule has 8 heteroatoms. The third kappa shape index (κ3) is 3.53. The van der Waals surface area contributed by atoms with E-state index in [1.54, 1.807) is 19.6 Å². The lowest BCUT2D eigenvalue weighted by Crippen LogP contribution is -2.24. The number of rotatable bonds is 8. The van der Waals surface area contributed by atoms with E-state index in [-0.39, 0.29) is 11.8 Å². The minimum Gasteiger partial charge on any atom is -0.493 e. The summed E-state index contributed by atoms with van der Waals surface area (Å²) < 4.78 is 13.9. The summed E-state index contributed by atoms with van der Waals surface area (Å²) >= 11 is 0. The number of amides is 1. The molecule has 1 fully saturated rings. The van der Waals surface area contributed by atoms with Crippen LogP contribution in [0.1, 0.15) is 54.3 Å². The van der Waals surface area contributed by atoms with E-state index in [0.717, 1.165) is 42.6 Å². The number of hydrogen-bond donors (Lipinski definition) is 2. The Balaban J connectivity index is 1.44. The third-order valence-electron chi connectivity index (χ3n) is 5.79. The number of aromatic nitrogens is 4. The van der Waals surface area contributed by atoms with E-state index in [1.807, 2.05) is 29.0 Å². The lowest BCUT2D eigenvalue weighted by molar-refractivity contribution is -0.116. The second-order valence-electron chi connectivity index (χ2n) is 7.86. The Morgan fingerprint density at radius 1 is 1.30 bits per heavy atom. The highest BCUT2D eigenvalue weighted by atomic mass is 16.5. The van der Waals surface area contributed by atoms with Gasteiger partial charge in [-0.25, -0.2) is 4.98 Å². The van der Waals surface area contributed by atoms with Crippen LogP contribution in [-0.2, 0) is 11.3 Å². The second-order valence-corrected chi connectivity index (χ2v) is 7.86. The summed E-state index contributed by atoms with van der Waals surface area (Å²) in [5.41, 5.74) is 3.20. The molecule has 30 heavy (non-hydrogen) atoms. The fourth-order valence-electron chi connectivity index (χ4n) is 4.19. The normalized spacial score (nSPS) is 18.0. The number of ether oxygens (including phenoxy) is 2. The second kappa shape index (κ2) is 7.85. The van der Waals surface area contributed by atoms with Gasteiger partial charge in [-0.1, -0.05) is 12.1 Å². The number of fused-ring (bicyclic) bond motifs is 1. The predicted octanol–water partition coefficient (Wildman–Crippen LogP) is 3.44. The van der Waals surface area contributed by atoms with Crippen LogP contribution < -0.4 is 14.8 Å². The molecule has 2 N–H and O–H groups in total. The number of carbonyl (C=O) groups excluding carboxylic acids is 1. The molecule has 3 aromatic rings. The molecular weight excluding hydrogens is 382 g/mol. The molecule has 1 aliphatic carbocycles. The van der Waals surface area contributed by atoms with Crippen molar-refractivity contribution in [3.8, 4) is 11.5 Å². The maximum atomic E-state index is 12.4. The van der Waals surface area contributed by atoms with E-state index in [9.17, 15) is 4.79 Å². The fraction of sp³-hybridized carbons (Fsp3) is 0.409. The van der Waals surface area contributed by atoms with Crippen LogP contribution in [0.3, 0.4) is 0 Å². The minimum absolute atomic E-state index is 0.0322. The van der Waals surface area contributed by atoms with Crippen molar-refractivity contribution in [1.82, 2.24) is 19.7 Å². The molecule has 1 aromatic carbocycles. The van der Waals surface area contributed by atoms with Crippen LogP contribution in [-0.4, -0.2) is 39.4 Å². The molecule has 5 rings (SSSR count). The van der Waals surface area contributed by atoms with Crippen molar-refractivity contribution in [3.05, 3.63) is 53.7 Å². The summed E-state index contributed by atoms with van der Waals surface area (Å²) in [5, 5.41) is 10.5. The highest BCUT2D eigenvalue weighted by Gasteiger charge is 2.38. The van der Waals surface area contributed by atoms with Crippen molar-refractivity contribution >= 4 is 11.7 Å². The average Bonchev–Trinajstić information content (AvgIpc) is 3.29. The van der Waals surface area contributed by atoms with Crippen molar-refractivity contribution in [2.45, 2.75) is 44.1 Å². The maximum Gasteiger partial charge on any atom is 0.226 e. The maximum absolute atomic E-state index is 12.4. The summed E-state index contributed by atoms with van der Waals surface area (Å²) in [6, 6.07) is 5.88. The zero-order valence-corrected chi connectivity index (χ0v) is 16.9. The number of methoxy groups -OCH3 is 1. The Morgan fingerprint density at radius 2 is 2.20 bits per heavy atom. The topological polar surface area (TPSA) is 94.1 Å². The van der Waals surface area contributed by atoms with Crippen LogP contribution in [0.4, 0.5) is 5.82 Å². The van der Waals surface area contributed by atoms with Crippen LogP contribution in [0, 0.1) is 0 Å². The van der Waals surface area contributed by atoms with Gasteiger partial charge in [0.1, 0.15) is 0 Å². The molecule has 0 saturated heterocycles. The van der Waals surface area contributed by atoms with Gasteiger partial charge in [0.25, 0.3) is 0 Å². The molecule has 3 heterocycles. The van der Waals surface area contributed by atoms with Gasteiger partial charge in [0.2, 0.25) is 5.91 Å². The third-order valence-corrected chi connectivity index (χ3v) is 5.79. The van der Waals surface area contributed by atoms with Gasteiger partial charge < -0.3 is 19.4 Å². The fourth-order valence-corrected chi connectivity index (χ4v) is 4.19. The smallest absolute Gasteiger partial charge is 0.226 e. The van der Waals surface area contributed by atoms with Gasteiger partial charge in [0, 0.05) is 54.0 Å². The lowest BCUT2D eigenvalue weighted by atomic mass is 9.84. The average molecular weight is 407 g/mol. The Morgan fingerprint density at radius 3 is 2.97 bits per heavy atom. The number of nitrogens with one attached hydrogen (secondary N) is 2. The number of aromatic amines is 1. The quantitative estimate of drug-likeness (QED) is 0.558. The van der Waals surface area contributed by atoms with Crippen molar-refractivity contribution in [1.29, 1.82) is 0 Å². The molecule has 2 aliphatic rings. The summed E-state index contributed by atoms with van der Waals surface area (Å²) in [5.74, 6) is 2.39. The van der Waals surface area contributed by atoms with Crippen LogP contribution in [0.15, 0.2) is 36.9 Å². The van der Waals surface area contributed by atoms with Gasteiger partial charge in [0.05, 0.1) is 20.0 Å². The number of benzene rings is 1. The molecule has 0 radical (unpaired) electrons. The van der Waals surface area contributed by atoms with Crippen LogP contribution in [0.2, 0.25) is 0 Å². The largest absolute Gasteiger partial charge is 0.493 e. The highest BCUT2D eigenvalue weighted by molar-refractivity contribution is 5.94. The van der Waals surface area contributed by atoms with Crippen molar-refractivity contribution in [2.75, 3.05) is 19.0 Å². The first-order valence-corrected chi connectivity index (χ1v) is 10.4. The van der Waals surface area contributed by atoms with Crippen molar-refractivity contribution in [3.63, 3.8) is 0 Å². The molecule has 1 saturated carbocycles. The predicted molar refractivity (Wildman–Crippen MR) is 111 cm³/mol. The minimum atomic E-state index is -0.109. The number of aryl methyl sites for hydroxylation is 1. The zero-order chi connectivity index (χ0) is 20.5. The number of nitrogens with zero attached hydrogens (tertiary/aromatic N) is 3. The number of H-pyrrole nitrogens is 1. The van der Waals surface area contributed by atoms with Gasteiger partial charge >= 0.3 is 0 Å². The Hall–Kier alpha value is -3.29. The standard InChI is InChI=1S/C22H25N5O3/c1-29-17-5-2-4-15(21(17)30-11-3-9-27-10-8-23-13-27)16-12-18(28)24-22-19(16)20(25-26-22)14-6-7-14/h2,4-5,8,10,13-14,16H,3,6-7,9,11-12H2,1H3,(H2,24,25,26,28). The molecule has 2 aromatic heterocycles. The first-order chi connectivity index (χ1) is 14.7. The number of carbonyl (C=O) groups is 1. The van der Waals surface area contributed by atoms with E-state index in [4.69, 9.17) is 9.47 Å². The van der Waals surface area contributed by atoms with E-state index >= 15 is 0 Å². The van der Waals surface area contributed by atoms with E-state index in [2.05, 4.69) is 20.5 Å². The van der Waals surface area contributed by atoms with Gasteiger partial charge in [-0.2, -0.15) is 5.10 Å². The van der Waals surface area contributed by atoms with E-state index in [1.165, 1.54) is 0 Å². The highest BCUT2D eigenvalue weighted by Crippen LogP contribution is 2.50. The molecule has 1 unspecified atom stereocenters. The molecule has 156 valence electrons. The Kier molecular flexibility index (Phi) is 4.90. The molecule has 8 nitrogen and oxygen atoms in total. The molecule has 0 spiro atoms. The first kappa shape index (κ1) is 18.7. The number of anilines is 1. The Labute approximate surface area is 174 Å². The summed E-state index contributed by atoms with van der Waals surface area (Å²) in [7, 11) is 1.64. The van der Waals surface area contributed by atoms with Gasteiger partial charge in [-0.15, -0.1) is 0 Å². The molecule has 1 aliphatic heterocycles. The van der Waals surface area contributed by atoms with Crippen LogP contribution in [0.25, 0.3) is 0 Å². The Bertz CT molecular complexity index is 1040. The lowest BCUT2D eigenvalue weighted by Gasteiger charge is -2.26. The van der Waals surface area contributed by atoms with Gasteiger partial charge in [0.15, 0.2) is 17.3 Å². The van der Waals surface area contributed by atoms with Gasteiger partial charge in [-0.05, 0) is 25.3 Å². The summed E-state index contributed by atoms with van der Waals surface area (Å²) in [6.07, 6.45) is 9.03. The molecule has 1 atom stereocenters. The summed E-state index contributed by atoms with van der Waals surface area (Å²) in [4.78, 5) is 16.5. The zero-order valence-electron chi connectivity index (χ0n) is 16.9. The number of imidazole rings is 1. The van der Waals surface area contributed by atoms with Gasteiger partial charge in [-0.3, -0.25) is 9.89 Å². The molecule has 1 amide bonds. The molecule has 0 bridgehead atoms. The monoisotopic (exact) mass is 407 g/mol. The number of hydrogen-bond acceptors (Lipinski definition) is 5. The van der Waals surface area contributed by atoms with Crippen LogP contribution in [0.5, 0.6) is 11.5 Å². The van der Waals surface area contributed by atoms with Crippen molar-refractivity contribution in [2.24, 2.45) is 0 Å². The SMILES string of the molecule is COc1cccc(C2CC(=O)Nc3n[nH]c(C4CC4)c32)c1OCCCn1ccnc1. The van der Waals surface area contributed by atoms with Crippen LogP contribution >= 0.6 is 0 Å².